The maximum absolute atomic E-state index is 9.29. The van der Waals surface area contributed by atoms with Crippen molar-refractivity contribution in [2.75, 3.05) is 19.7 Å². The molecule has 0 bridgehead atoms. The maximum Gasteiger partial charge on any atom is 0.122 e. The van der Waals surface area contributed by atoms with Crippen LogP contribution in [0.25, 0.3) is 0 Å². The highest BCUT2D eigenvalue weighted by atomic mass is 16.5. The average molecular weight is 347 g/mol. The molecule has 0 aliphatic carbocycles. The molecule has 3 heteroatoms. The summed E-state index contributed by atoms with van der Waals surface area (Å²) in [5.74, 6) is 1.26. The second-order valence-electron chi connectivity index (χ2n) is 6.29. The van der Waals surface area contributed by atoms with E-state index in [1.54, 1.807) is 12.1 Å². The molecule has 0 radical (unpaired) electrons. The van der Waals surface area contributed by atoms with E-state index in [-0.39, 0.29) is 0 Å². The lowest BCUT2D eigenvalue weighted by atomic mass is 10.0. The summed E-state index contributed by atoms with van der Waals surface area (Å²) in [6.07, 6.45) is 1.82. The van der Waals surface area contributed by atoms with Gasteiger partial charge in [-0.3, -0.25) is 0 Å². The van der Waals surface area contributed by atoms with Crippen LogP contribution in [0.3, 0.4) is 0 Å². The van der Waals surface area contributed by atoms with Gasteiger partial charge in [0.05, 0.1) is 0 Å². The number of para-hydroxylation sites is 1. The van der Waals surface area contributed by atoms with Gasteiger partial charge in [0.2, 0.25) is 0 Å². The van der Waals surface area contributed by atoms with Crippen LogP contribution in [0.5, 0.6) is 11.5 Å². The van der Waals surface area contributed by atoms with Crippen molar-refractivity contribution < 1.29 is 9.84 Å². The molecule has 0 aliphatic rings. The van der Waals surface area contributed by atoms with E-state index in [1.165, 1.54) is 16.7 Å². The summed E-state index contributed by atoms with van der Waals surface area (Å²) in [5.41, 5.74) is 3.71. The molecule has 26 heavy (non-hydrogen) atoms. The zero-order chi connectivity index (χ0) is 18.0. The van der Waals surface area contributed by atoms with Gasteiger partial charge in [0.1, 0.15) is 18.1 Å². The molecule has 0 aromatic heterocycles. The highest BCUT2D eigenvalue weighted by Gasteiger charge is 2.04. The minimum atomic E-state index is 0.310. The number of phenolic OH excluding ortho intramolecular Hbond substituents is 1. The van der Waals surface area contributed by atoms with Crippen LogP contribution >= 0.6 is 0 Å². The smallest absolute Gasteiger partial charge is 0.122 e. The van der Waals surface area contributed by atoms with E-state index in [0.717, 1.165) is 31.7 Å². The van der Waals surface area contributed by atoms with Crippen LogP contribution in [-0.4, -0.2) is 24.8 Å². The predicted molar refractivity (Wildman–Crippen MR) is 106 cm³/mol. The van der Waals surface area contributed by atoms with E-state index in [1.807, 2.05) is 30.3 Å². The highest BCUT2D eigenvalue weighted by molar-refractivity contribution is 5.37. The Labute approximate surface area is 155 Å². The monoisotopic (exact) mass is 347 g/mol. The molecule has 3 aromatic carbocycles. The third-order valence-corrected chi connectivity index (χ3v) is 4.27. The number of ether oxygens (including phenoxy) is 1. The van der Waals surface area contributed by atoms with Gasteiger partial charge in [0, 0.05) is 13.0 Å². The lowest BCUT2D eigenvalue weighted by molar-refractivity contribution is 0.312. The first-order valence-electron chi connectivity index (χ1n) is 9.04. The van der Waals surface area contributed by atoms with Gasteiger partial charge in [-0.05, 0) is 47.9 Å². The molecule has 0 spiro atoms. The lowest BCUT2D eigenvalue weighted by Gasteiger charge is -2.12. The first-order valence-corrected chi connectivity index (χ1v) is 9.04. The molecular formula is C23H25NO2. The lowest BCUT2D eigenvalue weighted by Crippen LogP contribution is -2.23. The van der Waals surface area contributed by atoms with E-state index < -0.39 is 0 Å². The number of rotatable bonds is 9. The van der Waals surface area contributed by atoms with Crippen LogP contribution in [0, 0.1) is 0 Å². The molecular weight excluding hydrogens is 322 g/mol. The Hall–Kier alpha value is -2.78. The van der Waals surface area contributed by atoms with Gasteiger partial charge >= 0.3 is 0 Å². The number of aromatic hydroxyl groups is 1. The second-order valence-corrected chi connectivity index (χ2v) is 6.29. The predicted octanol–water partition coefficient (Wildman–Crippen LogP) is 4.19. The van der Waals surface area contributed by atoms with Gasteiger partial charge in [0.15, 0.2) is 0 Å². The Morgan fingerprint density at radius 1 is 0.731 bits per heavy atom. The quantitative estimate of drug-likeness (QED) is 0.570. The van der Waals surface area contributed by atoms with Gasteiger partial charge in [0.25, 0.3) is 0 Å². The number of benzene rings is 3. The first kappa shape index (κ1) is 18.0. The highest BCUT2D eigenvalue weighted by Crippen LogP contribution is 2.21. The molecule has 134 valence electrons. The number of phenols is 1. The summed E-state index contributed by atoms with van der Waals surface area (Å²) >= 11 is 0. The first-order chi connectivity index (χ1) is 12.8. The van der Waals surface area contributed by atoms with Gasteiger partial charge in [-0.2, -0.15) is 0 Å². The van der Waals surface area contributed by atoms with E-state index >= 15 is 0 Å². The van der Waals surface area contributed by atoms with Crippen molar-refractivity contribution in [3.63, 3.8) is 0 Å². The molecule has 0 unspecified atom stereocenters. The minimum Gasteiger partial charge on any atom is -0.508 e. The van der Waals surface area contributed by atoms with Crippen molar-refractivity contribution in [2.24, 2.45) is 0 Å². The Balaban J connectivity index is 1.41. The zero-order valence-corrected chi connectivity index (χ0v) is 14.9. The van der Waals surface area contributed by atoms with Crippen LogP contribution in [0.4, 0.5) is 0 Å². The van der Waals surface area contributed by atoms with Crippen molar-refractivity contribution in [2.45, 2.75) is 12.8 Å². The fourth-order valence-corrected chi connectivity index (χ4v) is 2.86. The SMILES string of the molecule is Oc1ccc(CCNCCOc2ccccc2Cc2ccccc2)cc1. The Morgan fingerprint density at radius 3 is 2.27 bits per heavy atom. The van der Waals surface area contributed by atoms with E-state index in [2.05, 4.69) is 41.7 Å². The molecule has 0 amide bonds. The molecule has 3 aromatic rings. The van der Waals surface area contributed by atoms with E-state index in [9.17, 15) is 5.11 Å². The summed E-state index contributed by atoms with van der Waals surface area (Å²) in [5, 5.41) is 12.7. The maximum atomic E-state index is 9.29. The second kappa shape index (κ2) is 9.64. The van der Waals surface area contributed by atoms with Gasteiger partial charge in [-0.25, -0.2) is 0 Å². The van der Waals surface area contributed by atoms with Gasteiger partial charge in [-0.15, -0.1) is 0 Å². The summed E-state index contributed by atoms with van der Waals surface area (Å²) in [6.45, 7) is 2.33. The van der Waals surface area contributed by atoms with Crippen LogP contribution in [0.2, 0.25) is 0 Å². The van der Waals surface area contributed by atoms with Crippen molar-refractivity contribution in [1.29, 1.82) is 0 Å². The van der Waals surface area contributed by atoms with Crippen LogP contribution in [0.1, 0.15) is 16.7 Å². The fraction of sp³-hybridized carbons (Fsp3) is 0.217. The van der Waals surface area contributed by atoms with Crippen molar-refractivity contribution in [3.8, 4) is 11.5 Å². The third kappa shape index (κ3) is 5.64. The molecule has 0 fully saturated rings. The molecule has 0 heterocycles. The normalized spacial score (nSPS) is 10.6. The number of nitrogens with one attached hydrogen (secondary N) is 1. The minimum absolute atomic E-state index is 0.310. The Kier molecular flexibility index (Phi) is 6.68. The van der Waals surface area contributed by atoms with Crippen molar-refractivity contribution >= 4 is 0 Å². The summed E-state index contributed by atoms with van der Waals surface area (Å²) in [7, 11) is 0. The van der Waals surface area contributed by atoms with E-state index in [0.29, 0.717) is 12.4 Å². The van der Waals surface area contributed by atoms with Crippen LogP contribution in [-0.2, 0) is 12.8 Å². The number of hydrogen-bond donors (Lipinski definition) is 2. The molecule has 3 nitrogen and oxygen atoms in total. The molecule has 2 N–H and O–H groups in total. The Bertz CT molecular complexity index is 785. The number of hydrogen-bond acceptors (Lipinski definition) is 3. The third-order valence-electron chi connectivity index (χ3n) is 4.27. The standard InChI is InChI=1S/C23H25NO2/c25-22-12-10-19(11-13-22)14-15-24-16-17-26-23-9-5-4-8-21(23)18-20-6-2-1-3-7-20/h1-13,24-25H,14-18H2. The molecule has 3 rings (SSSR count). The van der Waals surface area contributed by atoms with Crippen molar-refractivity contribution in [3.05, 3.63) is 95.6 Å². The Morgan fingerprint density at radius 2 is 1.46 bits per heavy atom. The topological polar surface area (TPSA) is 41.5 Å². The summed E-state index contributed by atoms with van der Waals surface area (Å²) < 4.78 is 5.98. The largest absolute Gasteiger partial charge is 0.508 e. The van der Waals surface area contributed by atoms with Crippen molar-refractivity contribution in [1.82, 2.24) is 5.32 Å². The summed E-state index contributed by atoms with van der Waals surface area (Å²) in [4.78, 5) is 0. The molecule has 0 saturated carbocycles. The van der Waals surface area contributed by atoms with Crippen LogP contribution in [0.15, 0.2) is 78.9 Å². The molecule has 0 aliphatic heterocycles. The van der Waals surface area contributed by atoms with Gasteiger partial charge in [-0.1, -0.05) is 60.7 Å². The molecule has 0 atom stereocenters. The summed E-state index contributed by atoms with van der Waals surface area (Å²) in [6, 6.07) is 26.0. The van der Waals surface area contributed by atoms with Crippen LogP contribution < -0.4 is 10.1 Å². The molecule has 0 saturated heterocycles. The zero-order valence-electron chi connectivity index (χ0n) is 14.9. The van der Waals surface area contributed by atoms with Gasteiger partial charge < -0.3 is 15.2 Å². The van der Waals surface area contributed by atoms with E-state index in [4.69, 9.17) is 4.74 Å². The fourth-order valence-electron chi connectivity index (χ4n) is 2.86. The average Bonchev–Trinajstić information content (AvgIpc) is 2.68.